The Hall–Kier alpha value is -9.41. The number of rotatable bonds is 9. The molecule has 4 atom stereocenters. The molecule has 4 aliphatic rings. The van der Waals surface area contributed by atoms with Crippen molar-refractivity contribution in [3.8, 4) is 5.69 Å². The Morgan fingerprint density at radius 2 is 0.830 bits per heavy atom. The van der Waals surface area contributed by atoms with Gasteiger partial charge in [-0.05, 0) is 161 Å². The van der Waals surface area contributed by atoms with Crippen LogP contribution in [0.3, 0.4) is 0 Å². The van der Waals surface area contributed by atoms with Gasteiger partial charge in [0.05, 0.1) is 11.6 Å². The van der Waals surface area contributed by atoms with Crippen LogP contribution in [0.25, 0.3) is 16.6 Å². The van der Waals surface area contributed by atoms with Crippen LogP contribution in [0.15, 0.2) is 243 Å². The van der Waals surface area contributed by atoms with Crippen LogP contribution in [-0.2, 0) is 7.05 Å². The zero-order valence-electron chi connectivity index (χ0n) is 54.6. The lowest BCUT2D eigenvalue weighted by atomic mass is 9.92. The Bertz CT molecular complexity index is 3920. The number of hydrogen-bond donors (Lipinski definition) is 0. The first-order valence-corrected chi connectivity index (χ1v) is 31.1. The van der Waals surface area contributed by atoms with Gasteiger partial charge in [0.2, 0.25) is 6.20 Å². The van der Waals surface area contributed by atoms with E-state index >= 15 is 0 Å². The summed E-state index contributed by atoms with van der Waals surface area (Å²) >= 11 is 0. The topological polar surface area (TPSA) is 43.6 Å². The molecule has 0 saturated heterocycles. The molecule has 1 unspecified atom stereocenters. The Kier molecular flexibility index (Phi) is 20.7. The molecular weight excluding hydrogens is 1080 g/mol. The minimum atomic E-state index is 0.182. The highest BCUT2D eigenvalue weighted by Gasteiger charge is 2.30. The van der Waals surface area contributed by atoms with Crippen LogP contribution in [-0.4, -0.2) is 59.2 Å². The first-order valence-electron chi connectivity index (χ1n) is 31.1. The maximum absolute atomic E-state index is 4.39. The number of anilines is 5. The molecule has 13 rings (SSSR count). The quantitative estimate of drug-likeness (QED) is 0.134. The van der Waals surface area contributed by atoms with Gasteiger partial charge >= 0.3 is 0 Å². The van der Waals surface area contributed by atoms with E-state index in [4.69, 9.17) is 0 Å². The van der Waals surface area contributed by atoms with Gasteiger partial charge in [-0.15, -0.1) is 9.36 Å². The van der Waals surface area contributed by atoms with Gasteiger partial charge < -0.3 is 29.4 Å². The smallest absolute Gasteiger partial charge is 0.272 e. The lowest BCUT2D eigenvalue weighted by Crippen LogP contribution is -2.37. The minimum Gasteiger partial charge on any atom is -0.359 e. The van der Waals surface area contributed by atoms with Crippen LogP contribution in [0.4, 0.5) is 28.4 Å². The van der Waals surface area contributed by atoms with Gasteiger partial charge in [0.25, 0.3) is 6.17 Å². The van der Waals surface area contributed by atoms with Gasteiger partial charge in [-0.25, -0.2) is 9.57 Å². The van der Waals surface area contributed by atoms with Gasteiger partial charge in [0.1, 0.15) is 36.7 Å². The highest BCUT2D eigenvalue weighted by atomic mass is 15.4. The Morgan fingerprint density at radius 1 is 0.409 bits per heavy atom. The summed E-state index contributed by atoms with van der Waals surface area (Å²) in [5.41, 5.74) is 19.6. The van der Waals surface area contributed by atoms with Crippen molar-refractivity contribution in [2.24, 2.45) is 12.0 Å². The maximum atomic E-state index is 4.39. The van der Waals surface area contributed by atoms with Crippen LogP contribution in [0.2, 0.25) is 0 Å². The number of aryl methyl sites for hydroxylation is 6. The molecule has 4 aliphatic heterocycles. The summed E-state index contributed by atoms with van der Waals surface area (Å²) in [6, 6.07) is 68.1. The minimum absolute atomic E-state index is 0.182. The number of aromatic nitrogens is 2. The largest absolute Gasteiger partial charge is 0.359 e. The van der Waals surface area contributed by atoms with E-state index < -0.39 is 0 Å². The Labute approximate surface area is 525 Å². The van der Waals surface area contributed by atoms with Gasteiger partial charge in [-0.3, -0.25) is 0 Å². The van der Waals surface area contributed by atoms with E-state index in [1.54, 1.807) is 0 Å². The predicted molar refractivity (Wildman–Crippen MR) is 374 cm³/mol. The van der Waals surface area contributed by atoms with Crippen molar-refractivity contribution < 1.29 is 9.26 Å². The summed E-state index contributed by atoms with van der Waals surface area (Å²) in [7, 11) is 6.22. The molecule has 10 heteroatoms. The molecule has 88 heavy (non-hydrogen) atoms. The summed E-state index contributed by atoms with van der Waals surface area (Å²) in [6.45, 7) is 26.6. The summed E-state index contributed by atoms with van der Waals surface area (Å²) in [5, 5.41) is 1.26. The third kappa shape index (κ3) is 14.2. The van der Waals surface area contributed by atoms with Crippen molar-refractivity contribution in [2.75, 3.05) is 38.6 Å². The first kappa shape index (κ1) is 63.1. The van der Waals surface area contributed by atoms with Gasteiger partial charge in [-0.1, -0.05) is 167 Å². The number of para-hydroxylation sites is 7. The number of benzene rings is 8. The average molecular weight is 1170 g/mol. The van der Waals surface area contributed by atoms with Crippen LogP contribution in [0.5, 0.6) is 0 Å². The molecular formula is C78H92N10+2. The Morgan fingerprint density at radius 3 is 1.31 bits per heavy atom. The molecule has 0 spiro atoms. The van der Waals surface area contributed by atoms with E-state index in [2.05, 4.69) is 377 Å². The Balaban J connectivity index is 0.000000133. The summed E-state index contributed by atoms with van der Waals surface area (Å²) in [4.78, 5) is 18.3. The number of hydrogen-bond acceptors (Lipinski definition) is 7. The van der Waals surface area contributed by atoms with Gasteiger partial charge in [0, 0.05) is 78.2 Å². The normalized spacial score (nSPS) is 17.2. The van der Waals surface area contributed by atoms with Gasteiger partial charge in [-0.2, -0.15) is 0 Å². The van der Waals surface area contributed by atoms with Crippen molar-refractivity contribution in [2.45, 2.75) is 120 Å². The lowest BCUT2D eigenvalue weighted by Gasteiger charge is -2.34. The van der Waals surface area contributed by atoms with Crippen LogP contribution in [0.1, 0.15) is 111 Å². The highest BCUT2D eigenvalue weighted by Crippen LogP contribution is 2.40. The van der Waals surface area contributed by atoms with E-state index in [-0.39, 0.29) is 12.3 Å². The second kappa shape index (κ2) is 28.9. The third-order valence-corrected chi connectivity index (χ3v) is 17.2. The standard InChI is InChI=1S/C23H30N2.C17H18N2.C15H15N2.C12H16N2.C11H13N2/c1-16(2)20-11-9-12-21(17(3)4)23(20)25-15-14-24(19(25)6)22-13-8-7-10-18(22)5;1-14-8-6-7-11-17(14)19-13-12-18(15(19)2)16-9-4-3-5-10-16;1-12-7-3-5-9-14(12)17-15-10-6-4-8-13(15)11-16(17)2;1-10-6-4-5-7-12(10)14-9-8-13(3)11(14)2;1-9-5-3-4-6-10(9)11-12-7-8-13(11)2/h7-17,19H,1-6H3;3-13,15H,1-2H3;3-11H,1-2H3;4-9,11H,1-3H3;3-8,11H,1-2H3/q;;+1;;+1/t19-;15-;;11-;/m10.0./s1. The molecule has 5 heterocycles. The zero-order chi connectivity index (χ0) is 62.6. The molecule has 452 valence electrons. The summed E-state index contributed by atoms with van der Waals surface area (Å²) < 4.78 is 6.49. The van der Waals surface area contributed by atoms with Crippen molar-refractivity contribution in [3.05, 3.63) is 282 Å². The van der Waals surface area contributed by atoms with Crippen molar-refractivity contribution in [1.29, 1.82) is 0 Å². The van der Waals surface area contributed by atoms with E-state index in [9.17, 15) is 0 Å². The average Bonchev–Trinajstić information content (AvgIpc) is 4.57. The second-order valence-corrected chi connectivity index (χ2v) is 24.0. The van der Waals surface area contributed by atoms with Gasteiger partial charge in [0.15, 0.2) is 13.3 Å². The predicted octanol–water partition coefficient (Wildman–Crippen LogP) is 17.6. The molecule has 1 aromatic heterocycles. The monoisotopic (exact) mass is 1170 g/mol. The van der Waals surface area contributed by atoms with Crippen LogP contribution in [0, 0.1) is 34.6 Å². The fourth-order valence-electron chi connectivity index (χ4n) is 12.0. The SMILES string of the molecule is Cc1ccccc1-n1c2ccccc2c[n+]1C.Cc1ccccc1C1N=CC=[N+]1C.Cc1ccccc1N1C=CN(C)[C@@H]1C.Cc1ccccc1N1C=CN(c2c(C(C)C)cccc2C(C)C)[C@@H]1C.Cc1ccccc1N1C=CN(c2ccccc2)[C@@H]1C. The molecule has 0 bridgehead atoms. The third-order valence-electron chi connectivity index (χ3n) is 17.2. The van der Waals surface area contributed by atoms with E-state index in [1.807, 2.05) is 25.5 Å². The fraction of sp³-hybridized carbons (Fsp3) is 0.269. The molecule has 0 amide bonds. The van der Waals surface area contributed by atoms with E-state index in [1.165, 1.54) is 89.5 Å². The highest BCUT2D eigenvalue weighted by molar-refractivity contribution is 6.14. The van der Waals surface area contributed by atoms with Crippen molar-refractivity contribution in [3.63, 3.8) is 0 Å². The lowest BCUT2D eigenvalue weighted by molar-refractivity contribution is -0.741. The summed E-state index contributed by atoms with van der Waals surface area (Å²) in [5.74, 6) is 1.00. The van der Waals surface area contributed by atoms with E-state index in [0.29, 0.717) is 24.2 Å². The molecule has 0 saturated carbocycles. The molecule has 10 nitrogen and oxygen atoms in total. The van der Waals surface area contributed by atoms with Crippen LogP contribution >= 0.6 is 0 Å². The molecule has 8 aromatic carbocycles. The van der Waals surface area contributed by atoms with E-state index in [0.717, 1.165) is 0 Å². The summed E-state index contributed by atoms with van der Waals surface area (Å²) in [6.07, 6.45) is 20.2. The molecule has 0 aliphatic carbocycles. The molecule has 0 radical (unpaired) electrons. The number of nitrogens with zero attached hydrogens (tertiary/aromatic N) is 10. The van der Waals surface area contributed by atoms with Crippen molar-refractivity contribution >= 4 is 51.8 Å². The zero-order valence-corrected chi connectivity index (χ0v) is 54.6. The molecule has 0 fully saturated rings. The molecule has 9 aromatic rings. The first-order chi connectivity index (χ1) is 42.4. The second-order valence-electron chi connectivity index (χ2n) is 24.0. The fourth-order valence-corrected chi connectivity index (χ4v) is 12.0. The molecule has 0 N–H and O–H groups in total. The number of fused-ring (bicyclic) bond motifs is 1. The number of aliphatic imine (C=N–C) groups is 1. The maximum Gasteiger partial charge on any atom is 0.272 e. The van der Waals surface area contributed by atoms with Crippen molar-refractivity contribution in [1.82, 2.24) is 9.58 Å². The van der Waals surface area contributed by atoms with Crippen LogP contribution < -0.4 is 29.2 Å².